The molecule has 0 radical (unpaired) electrons. The maximum atomic E-state index is 11.1. The van der Waals surface area contributed by atoms with Crippen LogP contribution in [0.3, 0.4) is 0 Å². The summed E-state index contributed by atoms with van der Waals surface area (Å²) in [5.74, 6) is 1.88. The van der Waals surface area contributed by atoms with Gasteiger partial charge < -0.3 is 4.90 Å². The van der Waals surface area contributed by atoms with Gasteiger partial charge in [-0.1, -0.05) is 18.7 Å². The Hall–Kier alpha value is 0.170. The number of hydrogen-bond donors (Lipinski definition) is 0. The summed E-state index contributed by atoms with van der Waals surface area (Å²) in [5.41, 5.74) is 0. The number of carbonyl (C=O) groups is 1. The van der Waals surface area contributed by atoms with E-state index in [2.05, 4.69) is 0 Å². The molecule has 66 valence electrons. The van der Waals surface area contributed by atoms with Crippen molar-refractivity contribution in [2.75, 3.05) is 31.4 Å². The van der Waals surface area contributed by atoms with Crippen molar-refractivity contribution < 1.29 is 4.79 Å². The van der Waals surface area contributed by atoms with Crippen LogP contribution in [-0.2, 0) is 0 Å². The summed E-state index contributed by atoms with van der Waals surface area (Å²) in [4.78, 5) is 12.9. The SMILES string of the molecule is CCSC(=O)N(C)CCSC. The third-order valence-corrected chi connectivity index (χ3v) is 2.65. The van der Waals surface area contributed by atoms with E-state index in [1.165, 1.54) is 11.8 Å². The molecule has 0 saturated carbocycles. The molecule has 0 fully saturated rings. The van der Waals surface area contributed by atoms with Crippen LogP contribution < -0.4 is 0 Å². The summed E-state index contributed by atoms with van der Waals surface area (Å²) in [6, 6.07) is 0. The fourth-order valence-electron chi connectivity index (χ4n) is 0.553. The zero-order valence-corrected chi connectivity index (χ0v) is 8.93. The van der Waals surface area contributed by atoms with Gasteiger partial charge in [-0.25, -0.2) is 0 Å². The van der Waals surface area contributed by atoms with Crippen molar-refractivity contribution in [2.24, 2.45) is 0 Å². The monoisotopic (exact) mass is 193 g/mol. The first-order valence-corrected chi connectivity index (χ1v) is 5.97. The van der Waals surface area contributed by atoms with E-state index in [0.29, 0.717) is 0 Å². The van der Waals surface area contributed by atoms with Gasteiger partial charge in [-0.15, -0.1) is 0 Å². The van der Waals surface area contributed by atoms with E-state index in [9.17, 15) is 4.79 Å². The molecule has 0 N–H and O–H groups in total. The summed E-state index contributed by atoms with van der Waals surface area (Å²) in [7, 11) is 1.85. The number of thioether (sulfide) groups is 2. The molecule has 0 aromatic heterocycles. The molecular weight excluding hydrogens is 178 g/mol. The molecule has 0 aliphatic heterocycles. The van der Waals surface area contributed by atoms with Gasteiger partial charge in [-0.05, 0) is 12.0 Å². The number of hydrogen-bond acceptors (Lipinski definition) is 3. The molecule has 11 heavy (non-hydrogen) atoms. The third kappa shape index (κ3) is 5.44. The Morgan fingerprint density at radius 2 is 2.18 bits per heavy atom. The Bertz CT molecular complexity index is 119. The largest absolute Gasteiger partial charge is 0.336 e. The van der Waals surface area contributed by atoms with Gasteiger partial charge in [0.1, 0.15) is 0 Å². The predicted octanol–water partition coefficient (Wildman–Crippen LogP) is 2.15. The third-order valence-electron chi connectivity index (χ3n) is 1.21. The molecule has 0 rings (SSSR count). The Labute approximate surface area is 77.1 Å². The lowest BCUT2D eigenvalue weighted by molar-refractivity contribution is 0.236. The van der Waals surface area contributed by atoms with Crippen molar-refractivity contribution >= 4 is 28.8 Å². The second-order valence-electron chi connectivity index (χ2n) is 2.11. The molecule has 0 heterocycles. The van der Waals surface area contributed by atoms with Crippen LogP contribution in [0.5, 0.6) is 0 Å². The molecule has 0 unspecified atom stereocenters. The number of amides is 1. The molecule has 0 saturated heterocycles. The molecule has 0 aliphatic carbocycles. The molecule has 0 aromatic carbocycles. The number of nitrogens with zero attached hydrogens (tertiary/aromatic N) is 1. The zero-order chi connectivity index (χ0) is 8.69. The fraction of sp³-hybridized carbons (Fsp3) is 0.857. The van der Waals surface area contributed by atoms with Crippen LogP contribution in [0.15, 0.2) is 0 Å². The molecular formula is C7H15NOS2. The number of rotatable bonds is 4. The van der Waals surface area contributed by atoms with Crippen LogP contribution >= 0.6 is 23.5 Å². The van der Waals surface area contributed by atoms with Crippen molar-refractivity contribution in [2.45, 2.75) is 6.92 Å². The van der Waals surface area contributed by atoms with Crippen molar-refractivity contribution in [3.63, 3.8) is 0 Å². The van der Waals surface area contributed by atoms with Crippen LogP contribution in [0.4, 0.5) is 4.79 Å². The van der Waals surface area contributed by atoms with Crippen molar-refractivity contribution in [1.29, 1.82) is 0 Å². The molecule has 4 heteroatoms. The lowest BCUT2D eigenvalue weighted by Crippen LogP contribution is -2.25. The molecule has 0 bridgehead atoms. The number of carbonyl (C=O) groups excluding carboxylic acids is 1. The lowest BCUT2D eigenvalue weighted by atomic mass is 10.7. The summed E-state index contributed by atoms with van der Waals surface area (Å²) in [5, 5.41) is 0.182. The summed E-state index contributed by atoms with van der Waals surface area (Å²) < 4.78 is 0. The van der Waals surface area contributed by atoms with Gasteiger partial charge >= 0.3 is 0 Å². The smallest absolute Gasteiger partial charge is 0.281 e. The van der Waals surface area contributed by atoms with Gasteiger partial charge in [-0.2, -0.15) is 11.8 Å². The second-order valence-corrected chi connectivity index (χ2v) is 4.31. The minimum absolute atomic E-state index is 0.182. The Kier molecular flexibility index (Phi) is 6.96. The standard InChI is InChI=1S/C7H15NOS2/c1-4-11-7(9)8(2)5-6-10-3/h4-6H2,1-3H3. The summed E-state index contributed by atoms with van der Waals surface area (Å²) in [6.07, 6.45) is 2.05. The minimum Gasteiger partial charge on any atom is -0.336 e. The highest BCUT2D eigenvalue weighted by molar-refractivity contribution is 8.13. The van der Waals surface area contributed by atoms with Gasteiger partial charge in [0, 0.05) is 19.3 Å². The van der Waals surface area contributed by atoms with E-state index in [4.69, 9.17) is 0 Å². The first kappa shape index (κ1) is 11.2. The van der Waals surface area contributed by atoms with Crippen molar-refractivity contribution in [1.82, 2.24) is 4.90 Å². The first-order valence-electron chi connectivity index (χ1n) is 3.59. The van der Waals surface area contributed by atoms with Gasteiger partial charge in [0.25, 0.3) is 5.24 Å². The van der Waals surface area contributed by atoms with Crippen LogP contribution in [0.25, 0.3) is 0 Å². The average Bonchev–Trinajstić information content (AvgIpc) is 2.00. The van der Waals surface area contributed by atoms with E-state index in [1.54, 1.807) is 16.7 Å². The van der Waals surface area contributed by atoms with Gasteiger partial charge in [0.05, 0.1) is 0 Å². The molecule has 0 atom stereocenters. The molecule has 0 aliphatic rings. The minimum atomic E-state index is 0.182. The maximum absolute atomic E-state index is 11.1. The highest BCUT2D eigenvalue weighted by Gasteiger charge is 2.05. The normalized spacial score (nSPS) is 9.73. The van der Waals surface area contributed by atoms with Gasteiger partial charge in [0.2, 0.25) is 0 Å². The predicted molar refractivity (Wildman–Crippen MR) is 54.5 cm³/mol. The fourth-order valence-corrected chi connectivity index (χ4v) is 1.57. The van der Waals surface area contributed by atoms with E-state index in [-0.39, 0.29) is 5.24 Å². The summed E-state index contributed by atoms with van der Waals surface area (Å²) in [6.45, 7) is 2.85. The summed E-state index contributed by atoms with van der Waals surface area (Å²) >= 11 is 3.13. The molecule has 0 spiro atoms. The maximum Gasteiger partial charge on any atom is 0.281 e. The van der Waals surface area contributed by atoms with Crippen LogP contribution in [-0.4, -0.2) is 41.5 Å². The average molecular weight is 193 g/mol. The first-order chi connectivity index (χ1) is 5.22. The lowest BCUT2D eigenvalue weighted by Gasteiger charge is -2.14. The van der Waals surface area contributed by atoms with Crippen molar-refractivity contribution in [3.8, 4) is 0 Å². The second kappa shape index (κ2) is 6.85. The van der Waals surface area contributed by atoms with Crippen LogP contribution in [0, 0.1) is 0 Å². The Morgan fingerprint density at radius 1 is 1.55 bits per heavy atom. The van der Waals surface area contributed by atoms with E-state index in [0.717, 1.165) is 18.1 Å². The van der Waals surface area contributed by atoms with Crippen LogP contribution in [0.1, 0.15) is 6.92 Å². The van der Waals surface area contributed by atoms with Crippen molar-refractivity contribution in [3.05, 3.63) is 0 Å². The Balaban J connectivity index is 3.46. The van der Waals surface area contributed by atoms with Gasteiger partial charge in [0.15, 0.2) is 0 Å². The molecule has 1 amide bonds. The Morgan fingerprint density at radius 3 is 2.64 bits per heavy atom. The van der Waals surface area contributed by atoms with E-state index >= 15 is 0 Å². The molecule has 0 aromatic rings. The van der Waals surface area contributed by atoms with E-state index in [1.807, 2.05) is 20.2 Å². The van der Waals surface area contributed by atoms with Gasteiger partial charge in [-0.3, -0.25) is 4.79 Å². The highest BCUT2D eigenvalue weighted by Crippen LogP contribution is 2.06. The quantitative estimate of drug-likeness (QED) is 0.682. The van der Waals surface area contributed by atoms with E-state index < -0.39 is 0 Å². The van der Waals surface area contributed by atoms with Crippen LogP contribution in [0.2, 0.25) is 0 Å². The molecule has 2 nitrogen and oxygen atoms in total. The zero-order valence-electron chi connectivity index (χ0n) is 7.29. The topological polar surface area (TPSA) is 20.3 Å². The highest BCUT2D eigenvalue weighted by atomic mass is 32.2.